The van der Waals surface area contributed by atoms with E-state index >= 15 is 0 Å². The summed E-state index contributed by atoms with van der Waals surface area (Å²) >= 11 is 11.8. The molecule has 1 aliphatic rings. The molecule has 0 spiro atoms. The first-order valence-corrected chi connectivity index (χ1v) is 9.97. The molecule has 148 valence electrons. The smallest absolute Gasteiger partial charge is 0.251 e. The Kier molecular flexibility index (Phi) is 6.94. The van der Waals surface area contributed by atoms with Crippen molar-refractivity contribution < 1.29 is 9.59 Å². The first-order valence-electron chi connectivity index (χ1n) is 9.22. The predicted molar refractivity (Wildman–Crippen MR) is 112 cm³/mol. The van der Waals surface area contributed by atoms with Gasteiger partial charge >= 0.3 is 0 Å². The van der Waals surface area contributed by atoms with Crippen molar-refractivity contribution in [2.45, 2.75) is 13.5 Å². The molecule has 1 aliphatic heterocycles. The van der Waals surface area contributed by atoms with E-state index in [0.717, 1.165) is 19.6 Å². The van der Waals surface area contributed by atoms with Gasteiger partial charge in [0.25, 0.3) is 5.91 Å². The van der Waals surface area contributed by atoms with Crippen molar-refractivity contribution in [2.75, 3.05) is 32.7 Å². The number of rotatable bonds is 5. The van der Waals surface area contributed by atoms with Crippen LogP contribution in [-0.2, 0) is 11.3 Å². The molecule has 5 nitrogen and oxygen atoms in total. The third kappa shape index (κ3) is 5.25. The van der Waals surface area contributed by atoms with Crippen LogP contribution in [-0.4, -0.2) is 54.3 Å². The fourth-order valence-electron chi connectivity index (χ4n) is 3.19. The lowest BCUT2D eigenvalue weighted by atomic mass is 10.1. The topological polar surface area (TPSA) is 52.6 Å². The first-order chi connectivity index (χ1) is 13.4. The summed E-state index contributed by atoms with van der Waals surface area (Å²) in [5.41, 5.74) is 2.98. The monoisotopic (exact) mass is 419 g/mol. The lowest BCUT2D eigenvalue weighted by Crippen LogP contribution is -2.50. The van der Waals surface area contributed by atoms with Gasteiger partial charge in [-0.3, -0.25) is 14.5 Å². The average molecular weight is 420 g/mol. The zero-order chi connectivity index (χ0) is 20.1. The summed E-state index contributed by atoms with van der Waals surface area (Å²) in [7, 11) is 0. The standard InChI is InChI=1S/C21H23Cl2N3O2/c1-15-4-2-3-5-17(15)14-25-8-10-26(11-9-25)20(27)13-24-21(28)16-6-7-18(22)19(23)12-16/h2-7,12H,8-11,13-14H2,1H3,(H,24,28). The van der Waals surface area contributed by atoms with Crippen LogP contribution in [0.3, 0.4) is 0 Å². The van der Waals surface area contributed by atoms with Gasteiger partial charge in [-0.15, -0.1) is 0 Å². The van der Waals surface area contributed by atoms with Crippen molar-refractivity contribution in [3.63, 3.8) is 0 Å². The quantitative estimate of drug-likeness (QED) is 0.807. The highest BCUT2D eigenvalue weighted by Crippen LogP contribution is 2.22. The van der Waals surface area contributed by atoms with E-state index in [1.807, 2.05) is 6.07 Å². The summed E-state index contributed by atoms with van der Waals surface area (Å²) < 4.78 is 0. The number of amides is 2. The molecule has 1 N–H and O–H groups in total. The number of nitrogens with one attached hydrogen (secondary N) is 1. The van der Waals surface area contributed by atoms with Crippen molar-refractivity contribution in [1.82, 2.24) is 15.1 Å². The van der Waals surface area contributed by atoms with Crippen molar-refractivity contribution in [2.24, 2.45) is 0 Å². The molecule has 0 unspecified atom stereocenters. The Balaban J connectivity index is 1.45. The Bertz CT molecular complexity index is 864. The molecule has 0 saturated carbocycles. The van der Waals surface area contributed by atoms with Gasteiger partial charge < -0.3 is 10.2 Å². The van der Waals surface area contributed by atoms with E-state index in [1.54, 1.807) is 17.0 Å². The Hall–Kier alpha value is -2.08. The van der Waals surface area contributed by atoms with E-state index in [4.69, 9.17) is 23.2 Å². The minimum Gasteiger partial charge on any atom is -0.343 e. The number of hydrogen-bond donors (Lipinski definition) is 1. The highest BCUT2D eigenvalue weighted by molar-refractivity contribution is 6.42. The molecule has 0 radical (unpaired) electrons. The van der Waals surface area contributed by atoms with Crippen LogP contribution in [0, 0.1) is 6.92 Å². The number of carbonyl (C=O) groups is 2. The highest BCUT2D eigenvalue weighted by Gasteiger charge is 2.22. The Labute approximate surface area is 175 Å². The lowest BCUT2D eigenvalue weighted by molar-refractivity contribution is -0.131. The second kappa shape index (κ2) is 9.41. The van der Waals surface area contributed by atoms with Gasteiger partial charge in [-0.05, 0) is 36.2 Å². The first kappa shape index (κ1) is 20.6. The zero-order valence-electron chi connectivity index (χ0n) is 15.8. The summed E-state index contributed by atoms with van der Waals surface area (Å²) in [5, 5.41) is 3.35. The van der Waals surface area contributed by atoms with E-state index in [1.165, 1.54) is 17.2 Å². The van der Waals surface area contributed by atoms with Crippen LogP contribution in [0.4, 0.5) is 0 Å². The molecular weight excluding hydrogens is 397 g/mol. The molecule has 0 aromatic heterocycles. The predicted octanol–water partition coefficient (Wildman–Crippen LogP) is 3.38. The van der Waals surface area contributed by atoms with Crippen LogP contribution in [0.25, 0.3) is 0 Å². The molecule has 1 heterocycles. The molecule has 1 saturated heterocycles. The van der Waals surface area contributed by atoms with Gasteiger partial charge in [-0.2, -0.15) is 0 Å². The van der Waals surface area contributed by atoms with Crippen LogP contribution in [0.1, 0.15) is 21.5 Å². The molecule has 7 heteroatoms. The van der Waals surface area contributed by atoms with E-state index in [-0.39, 0.29) is 18.4 Å². The largest absolute Gasteiger partial charge is 0.343 e. The summed E-state index contributed by atoms with van der Waals surface area (Å²) in [6.07, 6.45) is 0. The molecule has 0 aliphatic carbocycles. The number of nitrogens with zero attached hydrogens (tertiary/aromatic N) is 2. The number of benzene rings is 2. The molecule has 2 aromatic carbocycles. The Morgan fingerprint density at radius 1 is 1.00 bits per heavy atom. The Morgan fingerprint density at radius 2 is 1.71 bits per heavy atom. The van der Waals surface area contributed by atoms with Crippen LogP contribution >= 0.6 is 23.2 Å². The third-order valence-corrected chi connectivity index (χ3v) is 5.70. The van der Waals surface area contributed by atoms with Gasteiger partial charge in [0, 0.05) is 38.3 Å². The van der Waals surface area contributed by atoms with Gasteiger partial charge in [0.05, 0.1) is 16.6 Å². The molecule has 2 aromatic rings. The van der Waals surface area contributed by atoms with Gasteiger partial charge in [0.2, 0.25) is 5.91 Å². The molecule has 2 amide bonds. The molecule has 1 fully saturated rings. The lowest BCUT2D eigenvalue weighted by Gasteiger charge is -2.35. The minimum absolute atomic E-state index is 0.0309. The fourth-order valence-corrected chi connectivity index (χ4v) is 3.49. The maximum absolute atomic E-state index is 12.4. The normalized spacial score (nSPS) is 14.8. The van der Waals surface area contributed by atoms with Crippen molar-refractivity contribution in [3.05, 3.63) is 69.2 Å². The van der Waals surface area contributed by atoms with Crippen LogP contribution < -0.4 is 5.32 Å². The molecule has 28 heavy (non-hydrogen) atoms. The summed E-state index contributed by atoms with van der Waals surface area (Å²) in [6.45, 7) is 5.94. The number of aryl methyl sites for hydroxylation is 1. The van der Waals surface area contributed by atoms with Gasteiger partial charge in [-0.1, -0.05) is 47.5 Å². The van der Waals surface area contributed by atoms with Gasteiger partial charge in [-0.25, -0.2) is 0 Å². The fraction of sp³-hybridized carbons (Fsp3) is 0.333. The van der Waals surface area contributed by atoms with Gasteiger partial charge in [0.15, 0.2) is 0 Å². The molecule has 0 bridgehead atoms. The number of halogens is 2. The van der Waals surface area contributed by atoms with Crippen LogP contribution in [0.5, 0.6) is 0 Å². The Morgan fingerprint density at radius 3 is 2.39 bits per heavy atom. The highest BCUT2D eigenvalue weighted by atomic mass is 35.5. The van der Waals surface area contributed by atoms with Crippen LogP contribution in [0.2, 0.25) is 10.0 Å². The maximum atomic E-state index is 12.4. The van der Waals surface area contributed by atoms with E-state index < -0.39 is 0 Å². The second-order valence-corrected chi connectivity index (χ2v) is 7.71. The van der Waals surface area contributed by atoms with Crippen molar-refractivity contribution >= 4 is 35.0 Å². The number of piperazine rings is 1. The second-order valence-electron chi connectivity index (χ2n) is 6.89. The van der Waals surface area contributed by atoms with Crippen molar-refractivity contribution in [3.8, 4) is 0 Å². The molecule has 3 rings (SSSR count). The molecular formula is C21H23Cl2N3O2. The number of carbonyl (C=O) groups excluding carboxylic acids is 2. The summed E-state index contributed by atoms with van der Waals surface area (Å²) in [5.74, 6) is -0.422. The van der Waals surface area contributed by atoms with E-state index in [9.17, 15) is 9.59 Å². The van der Waals surface area contributed by atoms with E-state index in [2.05, 4.69) is 35.3 Å². The molecule has 0 atom stereocenters. The number of hydrogen-bond acceptors (Lipinski definition) is 3. The third-order valence-electron chi connectivity index (χ3n) is 4.96. The maximum Gasteiger partial charge on any atom is 0.251 e. The zero-order valence-corrected chi connectivity index (χ0v) is 17.3. The van der Waals surface area contributed by atoms with Crippen LogP contribution in [0.15, 0.2) is 42.5 Å². The summed E-state index contributed by atoms with van der Waals surface area (Å²) in [4.78, 5) is 28.8. The SMILES string of the molecule is Cc1ccccc1CN1CCN(C(=O)CNC(=O)c2ccc(Cl)c(Cl)c2)CC1. The van der Waals surface area contributed by atoms with Crippen molar-refractivity contribution in [1.29, 1.82) is 0 Å². The minimum atomic E-state index is -0.342. The van der Waals surface area contributed by atoms with E-state index in [0.29, 0.717) is 28.7 Å². The van der Waals surface area contributed by atoms with Gasteiger partial charge in [0.1, 0.15) is 0 Å². The summed E-state index contributed by atoms with van der Waals surface area (Å²) in [6, 6.07) is 13.0. The average Bonchev–Trinajstić information content (AvgIpc) is 2.70.